The average molecular weight is 390 g/mol. The van der Waals surface area contributed by atoms with Crippen LogP contribution in [0.4, 0.5) is 0 Å². The molecule has 142 valence electrons. The SMILES string of the molecule is Cl.Cl.O=C(NC1CCN2CCCC2C1)C1(n2cccn2)CCNCC1. The molecule has 0 saturated carbocycles. The van der Waals surface area contributed by atoms with Crippen LogP contribution in [0.3, 0.4) is 0 Å². The third-order valence-corrected chi connectivity index (χ3v) is 5.95. The molecule has 1 amide bonds. The molecular formula is C17H29Cl2N5O. The van der Waals surface area contributed by atoms with Gasteiger partial charge in [0, 0.05) is 31.0 Å². The van der Waals surface area contributed by atoms with E-state index in [0.29, 0.717) is 12.1 Å². The first-order valence-corrected chi connectivity index (χ1v) is 9.04. The van der Waals surface area contributed by atoms with Gasteiger partial charge >= 0.3 is 0 Å². The third-order valence-electron chi connectivity index (χ3n) is 5.95. The molecule has 0 aromatic carbocycles. The number of hydrogen-bond donors (Lipinski definition) is 2. The summed E-state index contributed by atoms with van der Waals surface area (Å²) in [7, 11) is 0. The Morgan fingerprint density at radius 2 is 2.00 bits per heavy atom. The van der Waals surface area contributed by atoms with E-state index in [2.05, 4.69) is 20.6 Å². The first-order valence-electron chi connectivity index (χ1n) is 9.04. The fourth-order valence-corrected chi connectivity index (χ4v) is 4.60. The van der Waals surface area contributed by atoms with Crippen molar-refractivity contribution < 1.29 is 4.79 Å². The number of fused-ring (bicyclic) bond motifs is 1. The standard InChI is InChI=1S/C17H27N5O.2ClH/c23-16(20-14-4-12-21-10-1-3-15(21)13-14)17(5-8-18-9-6-17)22-11-2-7-19-22;;/h2,7,11,14-15,18H,1,3-6,8-10,12-13H2,(H,20,23);2*1H. The summed E-state index contributed by atoms with van der Waals surface area (Å²) in [6, 6.07) is 2.92. The second-order valence-electron chi connectivity index (χ2n) is 7.26. The largest absolute Gasteiger partial charge is 0.351 e. The molecule has 3 aliphatic heterocycles. The van der Waals surface area contributed by atoms with E-state index in [9.17, 15) is 4.79 Å². The van der Waals surface area contributed by atoms with E-state index in [1.54, 1.807) is 6.20 Å². The van der Waals surface area contributed by atoms with E-state index in [1.807, 2.05) is 16.9 Å². The molecule has 6 nitrogen and oxygen atoms in total. The van der Waals surface area contributed by atoms with Crippen molar-refractivity contribution >= 4 is 30.7 Å². The van der Waals surface area contributed by atoms with Crippen LogP contribution in [0.2, 0.25) is 0 Å². The third kappa shape index (κ3) is 3.97. The summed E-state index contributed by atoms with van der Waals surface area (Å²) in [5, 5.41) is 11.1. The van der Waals surface area contributed by atoms with Crippen molar-refractivity contribution in [2.45, 2.75) is 56.1 Å². The van der Waals surface area contributed by atoms with Crippen LogP contribution in [0.15, 0.2) is 18.5 Å². The highest BCUT2D eigenvalue weighted by Crippen LogP contribution is 2.30. The topological polar surface area (TPSA) is 62.2 Å². The minimum Gasteiger partial charge on any atom is -0.351 e. The van der Waals surface area contributed by atoms with Gasteiger partial charge in [0.1, 0.15) is 5.54 Å². The quantitative estimate of drug-likeness (QED) is 0.822. The highest BCUT2D eigenvalue weighted by molar-refractivity contribution is 5.86. The van der Waals surface area contributed by atoms with Crippen LogP contribution in [0, 0.1) is 0 Å². The highest BCUT2D eigenvalue weighted by Gasteiger charge is 2.43. The van der Waals surface area contributed by atoms with Gasteiger partial charge in [-0.25, -0.2) is 0 Å². The lowest BCUT2D eigenvalue weighted by Gasteiger charge is -2.40. The van der Waals surface area contributed by atoms with Gasteiger partial charge in [-0.1, -0.05) is 0 Å². The van der Waals surface area contributed by atoms with Crippen molar-refractivity contribution in [3.8, 4) is 0 Å². The molecule has 0 spiro atoms. The van der Waals surface area contributed by atoms with Gasteiger partial charge in [-0.2, -0.15) is 5.10 Å². The lowest BCUT2D eigenvalue weighted by atomic mass is 9.86. The van der Waals surface area contributed by atoms with Crippen molar-refractivity contribution in [2.75, 3.05) is 26.2 Å². The van der Waals surface area contributed by atoms with Crippen LogP contribution in [0.25, 0.3) is 0 Å². The first-order chi connectivity index (χ1) is 11.3. The number of carbonyl (C=O) groups excluding carboxylic acids is 1. The maximum Gasteiger partial charge on any atom is 0.248 e. The second-order valence-corrected chi connectivity index (χ2v) is 7.26. The summed E-state index contributed by atoms with van der Waals surface area (Å²) >= 11 is 0. The van der Waals surface area contributed by atoms with Crippen LogP contribution in [0.1, 0.15) is 38.5 Å². The molecule has 2 unspecified atom stereocenters. The molecule has 2 atom stereocenters. The maximum absolute atomic E-state index is 13.2. The van der Waals surface area contributed by atoms with E-state index >= 15 is 0 Å². The van der Waals surface area contributed by atoms with E-state index in [4.69, 9.17) is 0 Å². The van der Waals surface area contributed by atoms with Crippen LogP contribution < -0.4 is 10.6 Å². The van der Waals surface area contributed by atoms with Crippen molar-refractivity contribution in [1.29, 1.82) is 0 Å². The van der Waals surface area contributed by atoms with Gasteiger partial charge in [0.15, 0.2) is 0 Å². The normalized spacial score (nSPS) is 28.3. The number of aromatic nitrogens is 2. The molecule has 3 fully saturated rings. The minimum absolute atomic E-state index is 0. The Kier molecular flexibility index (Phi) is 7.14. The summed E-state index contributed by atoms with van der Waals surface area (Å²) in [4.78, 5) is 15.8. The summed E-state index contributed by atoms with van der Waals surface area (Å²) < 4.78 is 1.88. The molecule has 2 N–H and O–H groups in total. The summed E-state index contributed by atoms with van der Waals surface area (Å²) in [5.41, 5.74) is -0.512. The fraction of sp³-hybridized carbons (Fsp3) is 0.765. The molecule has 4 rings (SSSR count). The van der Waals surface area contributed by atoms with Crippen molar-refractivity contribution in [1.82, 2.24) is 25.3 Å². The number of piperidine rings is 2. The Bertz CT molecular complexity index is 547. The van der Waals surface area contributed by atoms with Gasteiger partial charge < -0.3 is 15.5 Å². The zero-order valence-electron chi connectivity index (χ0n) is 14.5. The Morgan fingerprint density at radius 1 is 1.20 bits per heavy atom. The Morgan fingerprint density at radius 3 is 2.72 bits per heavy atom. The van der Waals surface area contributed by atoms with E-state index in [-0.39, 0.29) is 30.7 Å². The predicted molar refractivity (Wildman–Crippen MR) is 103 cm³/mol. The molecule has 0 aliphatic carbocycles. The molecule has 1 aromatic heterocycles. The zero-order chi connectivity index (χ0) is 15.7. The molecule has 0 radical (unpaired) electrons. The second kappa shape index (κ2) is 8.71. The van der Waals surface area contributed by atoms with E-state index in [1.165, 1.54) is 19.4 Å². The predicted octanol–water partition coefficient (Wildman–Crippen LogP) is 1.55. The van der Waals surface area contributed by atoms with Gasteiger partial charge in [0.05, 0.1) is 0 Å². The molecule has 3 aliphatic rings. The molecule has 0 bridgehead atoms. The summed E-state index contributed by atoms with van der Waals surface area (Å²) in [6.45, 7) is 4.11. The maximum atomic E-state index is 13.2. The summed E-state index contributed by atoms with van der Waals surface area (Å²) in [6.07, 6.45) is 10.1. The van der Waals surface area contributed by atoms with Crippen LogP contribution in [-0.2, 0) is 10.3 Å². The first kappa shape index (κ1) is 20.5. The number of carbonyl (C=O) groups is 1. The minimum atomic E-state index is -0.512. The van der Waals surface area contributed by atoms with Gasteiger partial charge in [-0.05, 0) is 64.2 Å². The van der Waals surface area contributed by atoms with Crippen molar-refractivity contribution in [3.63, 3.8) is 0 Å². The van der Waals surface area contributed by atoms with Crippen LogP contribution in [0.5, 0.6) is 0 Å². The van der Waals surface area contributed by atoms with Crippen molar-refractivity contribution in [3.05, 3.63) is 18.5 Å². The smallest absolute Gasteiger partial charge is 0.248 e. The van der Waals surface area contributed by atoms with Gasteiger partial charge in [-0.3, -0.25) is 9.48 Å². The highest BCUT2D eigenvalue weighted by atomic mass is 35.5. The average Bonchev–Trinajstić information content (AvgIpc) is 3.27. The molecule has 3 saturated heterocycles. The molecule has 8 heteroatoms. The lowest BCUT2D eigenvalue weighted by molar-refractivity contribution is -0.133. The number of hydrogen-bond acceptors (Lipinski definition) is 4. The number of rotatable bonds is 3. The van der Waals surface area contributed by atoms with Crippen LogP contribution in [-0.4, -0.2) is 58.9 Å². The Labute approximate surface area is 161 Å². The van der Waals surface area contributed by atoms with E-state index in [0.717, 1.165) is 45.3 Å². The van der Waals surface area contributed by atoms with Gasteiger partial charge in [0.25, 0.3) is 0 Å². The lowest BCUT2D eigenvalue weighted by Crippen LogP contribution is -2.58. The molecular weight excluding hydrogens is 361 g/mol. The number of nitrogens with zero attached hydrogens (tertiary/aromatic N) is 3. The number of halogens is 2. The summed E-state index contributed by atoms with van der Waals surface area (Å²) in [5.74, 6) is 0.166. The number of amides is 1. The zero-order valence-corrected chi connectivity index (χ0v) is 16.2. The van der Waals surface area contributed by atoms with E-state index < -0.39 is 5.54 Å². The Balaban J connectivity index is 0.00000113. The molecule has 4 heterocycles. The molecule has 25 heavy (non-hydrogen) atoms. The van der Waals surface area contributed by atoms with Crippen molar-refractivity contribution in [2.24, 2.45) is 0 Å². The monoisotopic (exact) mass is 389 g/mol. The van der Waals surface area contributed by atoms with Gasteiger partial charge in [0.2, 0.25) is 5.91 Å². The fourth-order valence-electron chi connectivity index (χ4n) is 4.60. The molecule has 1 aromatic rings. The van der Waals surface area contributed by atoms with Crippen LogP contribution >= 0.6 is 24.8 Å². The van der Waals surface area contributed by atoms with Gasteiger partial charge in [-0.15, -0.1) is 24.8 Å². The Hall–Kier alpha value is -0.820. The number of nitrogens with one attached hydrogen (secondary N) is 2.